The zero-order valence-corrected chi connectivity index (χ0v) is 7.40. The fraction of sp³-hybridized carbons (Fsp3) is 0.571. The molecule has 13 heavy (non-hydrogen) atoms. The minimum Gasteiger partial charge on any atom is -0.476 e. The molecule has 0 spiro atoms. The SMILES string of the molecule is CCNCCn1cc(C(=O)O)nn1. The molecule has 0 radical (unpaired) electrons. The van der Waals surface area contributed by atoms with E-state index in [0.29, 0.717) is 6.54 Å². The summed E-state index contributed by atoms with van der Waals surface area (Å²) in [7, 11) is 0. The standard InChI is InChI=1S/C7H12N4O2/c1-2-8-3-4-11-5-6(7(12)13)9-10-11/h5,8H,2-4H2,1H3,(H,12,13). The molecule has 72 valence electrons. The van der Waals surface area contributed by atoms with E-state index in [2.05, 4.69) is 15.6 Å². The van der Waals surface area contributed by atoms with E-state index >= 15 is 0 Å². The van der Waals surface area contributed by atoms with Crippen molar-refractivity contribution in [1.82, 2.24) is 20.3 Å². The van der Waals surface area contributed by atoms with E-state index in [4.69, 9.17) is 5.11 Å². The average molecular weight is 184 g/mol. The topological polar surface area (TPSA) is 80.0 Å². The third-order valence-electron chi connectivity index (χ3n) is 1.53. The van der Waals surface area contributed by atoms with Gasteiger partial charge in [0.1, 0.15) is 0 Å². The van der Waals surface area contributed by atoms with Crippen LogP contribution in [0.3, 0.4) is 0 Å². The highest BCUT2D eigenvalue weighted by Gasteiger charge is 2.06. The molecule has 0 bridgehead atoms. The summed E-state index contributed by atoms with van der Waals surface area (Å²) in [5.41, 5.74) is -0.0171. The lowest BCUT2D eigenvalue weighted by atomic mass is 10.5. The highest BCUT2D eigenvalue weighted by atomic mass is 16.4. The summed E-state index contributed by atoms with van der Waals surface area (Å²) in [6.07, 6.45) is 1.42. The molecule has 0 aliphatic carbocycles. The Morgan fingerprint density at radius 3 is 3.08 bits per heavy atom. The molecule has 1 rings (SSSR count). The first-order valence-electron chi connectivity index (χ1n) is 4.08. The van der Waals surface area contributed by atoms with Crippen molar-refractivity contribution in [3.8, 4) is 0 Å². The predicted octanol–water partition coefficient (Wildman–Crippen LogP) is -0.414. The molecule has 1 aromatic heterocycles. The Morgan fingerprint density at radius 2 is 2.54 bits per heavy atom. The zero-order valence-electron chi connectivity index (χ0n) is 7.40. The number of carboxylic acids is 1. The minimum atomic E-state index is -1.05. The lowest BCUT2D eigenvalue weighted by Crippen LogP contribution is -2.19. The smallest absolute Gasteiger partial charge is 0.358 e. The number of carboxylic acid groups (broad SMARTS) is 1. The third kappa shape index (κ3) is 2.83. The number of nitrogens with one attached hydrogen (secondary N) is 1. The first-order chi connectivity index (χ1) is 6.24. The lowest BCUT2D eigenvalue weighted by molar-refractivity contribution is 0.0690. The number of carbonyl (C=O) groups is 1. The highest BCUT2D eigenvalue weighted by molar-refractivity contribution is 5.84. The summed E-state index contributed by atoms with van der Waals surface area (Å²) in [5.74, 6) is -1.05. The van der Waals surface area contributed by atoms with E-state index in [1.54, 1.807) is 0 Å². The molecule has 2 N–H and O–H groups in total. The Hall–Kier alpha value is -1.43. The van der Waals surface area contributed by atoms with Gasteiger partial charge < -0.3 is 10.4 Å². The van der Waals surface area contributed by atoms with Crippen LogP contribution in [0.5, 0.6) is 0 Å². The Kier molecular flexibility index (Phi) is 3.39. The molecule has 0 saturated carbocycles. The average Bonchev–Trinajstić information content (AvgIpc) is 2.53. The quantitative estimate of drug-likeness (QED) is 0.608. The van der Waals surface area contributed by atoms with Crippen molar-refractivity contribution >= 4 is 5.97 Å². The number of hydrogen-bond donors (Lipinski definition) is 2. The Labute approximate surface area is 75.6 Å². The van der Waals surface area contributed by atoms with E-state index < -0.39 is 5.97 Å². The molecule has 0 saturated heterocycles. The van der Waals surface area contributed by atoms with Gasteiger partial charge in [0.15, 0.2) is 5.69 Å². The lowest BCUT2D eigenvalue weighted by Gasteiger charge is -1.99. The van der Waals surface area contributed by atoms with Crippen LogP contribution in [0.4, 0.5) is 0 Å². The van der Waals surface area contributed by atoms with Gasteiger partial charge in [-0.3, -0.25) is 4.68 Å². The highest BCUT2D eigenvalue weighted by Crippen LogP contribution is 1.91. The summed E-state index contributed by atoms with van der Waals surface area (Å²) >= 11 is 0. The van der Waals surface area contributed by atoms with Crippen molar-refractivity contribution in [2.45, 2.75) is 13.5 Å². The molecule has 1 aromatic rings. The maximum absolute atomic E-state index is 10.4. The van der Waals surface area contributed by atoms with Gasteiger partial charge >= 0.3 is 5.97 Å². The summed E-state index contributed by atoms with van der Waals surface area (Å²) in [6.45, 7) is 4.29. The summed E-state index contributed by atoms with van der Waals surface area (Å²) in [5, 5.41) is 18.8. The van der Waals surface area contributed by atoms with Crippen LogP contribution in [-0.2, 0) is 6.54 Å². The largest absolute Gasteiger partial charge is 0.476 e. The molecule has 0 aliphatic heterocycles. The summed E-state index contributed by atoms with van der Waals surface area (Å²) < 4.78 is 1.51. The first kappa shape index (κ1) is 9.66. The van der Waals surface area contributed by atoms with Crippen LogP contribution >= 0.6 is 0 Å². The van der Waals surface area contributed by atoms with E-state index in [0.717, 1.165) is 13.1 Å². The van der Waals surface area contributed by atoms with Gasteiger partial charge in [0, 0.05) is 6.54 Å². The second-order valence-corrected chi connectivity index (χ2v) is 2.53. The molecular weight excluding hydrogens is 172 g/mol. The molecule has 0 aromatic carbocycles. The van der Waals surface area contributed by atoms with Gasteiger partial charge in [0.05, 0.1) is 12.7 Å². The van der Waals surface area contributed by atoms with Crippen LogP contribution in [0.2, 0.25) is 0 Å². The van der Waals surface area contributed by atoms with Crippen LogP contribution in [0.1, 0.15) is 17.4 Å². The minimum absolute atomic E-state index is 0.0171. The molecule has 6 nitrogen and oxygen atoms in total. The van der Waals surface area contributed by atoms with Gasteiger partial charge in [-0.15, -0.1) is 5.10 Å². The molecule has 6 heteroatoms. The van der Waals surface area contributed by atoms with Crippen molar-refractivity contribution in [3.05, 3.63) is 11.9 Å². The molecular formula is C7H12N4O2. The third-order valence-corrected chi connectivity index (χ3v) is 1.53. The second-order valence-electron chi connectivity index (χ2n) is 2.53. The Bertz CT molecular complexity index is 284. The van der Waals surface area contributed by atoms with Gasteiger partial charge in [-0.25, -0.2) is 4.79 Å². The van der Waals surface area contributed by atoms with Crippen LogP contribution in [0.25, 0.3) is 0 Å². The second kappa shape index (κ2) is 4.56. The Balaban J connectivity index is 2.44. The van der Waals surface area contributed by atoms with E-state index in [-0.39, 0.29) is 5.69 Å². The molecule has 0 amide bonds. The number of aromatic carboxylic acids is 1. The number of nitrogens with zero attached hydrogens (tertiary/aromatic N) is 3. The fourth-order valence-corrected chi connectivity index (χ4v) is 0.876. The summed E-state index contributed by atoms with van der Waals surface area (Å²) in [6, 6.07) is 0. The van der Waals surface area contributed by atoms with Gasteiger partial charge in [-0.2, -0.15) is 0 Å². The van der Waals surface area contributed by atoms with Gasteiger partial charge in [0.25, 0.3) is 0 Å². The normalized spacial score (nSPS) is 10.2. The van der Waals surface area contributed by atoms with Crippen molar-refractivity contribution in [1.29, 1.82) is 0 Å². The van der Waals surface area contributed by atoms with Crippen molar-refractivity contribution in [3.63, 3.8) is 0 Å². The number of rotatable bonds is 5. The van der Waals surface area contributed by atoms with Gasteiger partial charge in [-0.1, -0.05) is 12.1 Å². The zero-order chi connectivity index (χ0) is 9.68. The van der Waals surface area contributed by atoms with Crippen molar-refractivity contribution in [2.75, 3.05) is 13.1 Å². The number of aromatic nitrogens is 3. The monoisotopic (exact) mass is 184 g/mol. The van der Waals surface area contributed by atoms with Crippen molar-refractivity contribution in [2.24, 2.45) is 0 Å². The van der Waals surface area contributed by atoms with Crippen LogP contribution in [0.15, 0.2) is 6.20 Å². The van der Waals surface area contributed by atoms with Crippen LogP contribution in [0, 0.1) is 0 Å². The van der Waals surface area contributed by atoms with Crippen molar-refractivity contribution < 1.29 is 9.90 Å². The van der Waals surface area contributed by atoms with Crippen LogP contribution in [-0.4, -0.2) is 39.2 Å². The first-order valence-corrected chi connectivity index (χ1v) is 4.08. The molecule has 1 heterocycles. The van der Waals surface area contributed by atoms with E-state index in [1.807, 2.05) is 6.92 Å². The number of hydrogen-bond acceptors (Lipinski definition) is 4. The number of likely N-dealkylation sites (N-methyl/N-ethyl adjacent to an activating group) is 1. The summed E-state index contributed by atoms with van der Waals surface area (Å²) in [4.78, 5) is 10.4. The molecule has 0 fully saturated rings. The predicted molar refractivity (Wildman–Crippen MR) is 45.5 cm³/mol. The van der Waals surface area contributed by atoms with Gasteiger partial charge in [0.2, 0.25) is 0 Å². The fourth-order valence-electron chi connectivity index (χ4n) is 0.876. The van der Waals surface area contributed by atoms with E-state index in [9.17, 15) is 4.79 Å². The maximum Gasteiger partial charge on any atom is 0.358 e. The maximum atomic E-state index is 10.4. The van der Waals surface area contributed by atoms with Gasteiger partial charge in [-0.05, 0) is 6.54 Å². The Morgan fingerprint density at radius 1 is 1.77 bits per heavy atom. The van der Waals surface area contributed by atoms with Crippen LogP contribution < -0.4 is 5.32 Å². The molecule has 0 unspecified atom stereocenters. The molecule has 0 atom stereocenters. The molecule has 0 aliphatic rings. The van der Waals surface area contributed by atoms with E-state index in [1.165, 1.54) is 10.9 Å².